The standard InChI is InChI=1S/C14H20N2O/c1-2-11-6-3-4-7-12(11)16-13(17)14(10-15)8-5-9-14/h3-4,6-7H,2,5,8-10,15H2,1H3,(H,16,17). The van der Waals surface area contributed by atoms with E-state index in [-0.39, 0.29) is 11.3 Å². The lowest BCUT2D eigenvalue weighted by atomic mass is 9.68. The summed E-state index contributed by atoms with van der Waals surface area (Å²) in [6.07, 6.45) is 3.87. The van der Waals surface area contributed by atoms with Crippen molar-refractivity contribution in [3.05, 3.63) is 29.8 Å². The number of nitrogens with one attached hydrogen (secondary N) is 1. The maximum Gasteiger partial charge on any atom is 0.231 e. The van der Waals surface area contributed by atoms with E-state index < -0.39 is 0 Å². The molecule has 3 nitrogen and oxygen atoms in total. The van der Waals surface area contributed by atoms with Crippen LogP contribution in [0.5, 0.6) is 0 Å². The molecule has 0 aliphatic heterocycles. The smallest absolute Gasteiger partial charge is 0.231 e. The lowest BCUT2D eigenvalue weighted by molar-refractivity contribution is -0.129. The minimum absolute atomic E-state index is 0.0900. The van der Waals surface area contributed by atoms with Gasteiger partial charge in [0.25, 0.3) is 0 Å². The molecule has 0 aromatic heterocycles. The van der Waals surface area contributed by atoms with Gasteiger partial charge in [-0.25, -0.2) is 0 Å². The first-order valence-electron chi connectivity index (χ1n) is 6.31. The van der Waals surface area contributed by atoms with E-state index in [1.165, 1.54) is 5.56 Å². The number of rotatable bonds is 4. The average Bonchev–Trinajstić information content (AvgIpc) is 2.29. The van der Waals surface area contributed by atoms with Crippen molar-refractivity contribution >= 4 is 11.6 Å². The van der Waals surface area contributed by atoms with E-state index in [0.717, 1.165) is 31.4 Å². The molecule has 3 heteroatoms. The molecule has 1 amide bonds. The predicted octanol–water partition coefficient (Wildman–Crippen LogP) is 2.32. The summed E-state index contributed by atoms with van der Waals surface area (Å²) in [5.41, 5.74) is 7.53. The van der Waals surface area contributed by atoms with E-state index in [0.29, 0.717) is 6.54 Å². The largest absolute Gasteiger partial charge is 0.329 e. The number of nitrogens with two attached hydrogens (primary N) is 1. The van der Waals surface area contributed by atoms with Gasteiger partial charge in [0.15, 0.2) is 0 Å². The zero-order valence-electron chi connectivity index (χ0n) is 10.3. The molecule has 0 bridgehead atoms. The van der Waals surface area contributed by atoms with Crippen LogP contribution in [-0.2, 0) is 11.2 Å². The lowest BCUT2D eigenvalue weighted by Gasteiger charge is -2.39. The third-order valence-electron chi connectivity index (χ3n) is 3.83. The Balaban J connectivity index is 2.12. The van der Waals surface area contributed by atoms with Crippen LogP contribution in [-0.4, -0.2) is 12.5 Å². The van der Waals surface area contributed by atoms with Gasteiger partial charge in [-0.3, -0.25) is 4.79 Å². The van der Waals surface area contributed by atoms with Crippen molar-refractivity contribution in [3.8, 4) is 0 Å². The van der Waals surface area contributed by atoms with Crippen LogP contribution in [0.15, 0.2) is 24.3 Å². The number of anilines is 1. The molecule has 3 N–H and O–H groups in total. The summed E-state index contributed by atoms with van der Waals surface area (Å²) in [6.45, 7) is 2.54. The molecule has 1 saturated carbocycles. The first-order chi connectivity index (χ1) is 8.22. The zero-order valence-corrected chi connectivity index (χ0v) is 10.3. The fraction of sp³-hybridized carbons (Fsp3) is 0.500. The molecule has 0 heterocycles. The van der Waals surface area contributed by atoms with Crippen LogP contribution in [0.1, 0.15) is 31.7 Å². The van der Waals surface area contributed by atoms with Gasteiger partial charge in [-0.15, -0.1) is 0 Å². The van der Waals surface area contributed by atoms with E-state index in [4.69, 9.17) is 5.73 Å². The molecule has 0 saturated heterocycles. The number of hydrogen-bond acceptors (Lipinski definition) is 2. The van der Waals surface area contributed by atoms with E-state index in [1.807, 2.05) is 24.3 Å². The molecule has 2 rings (SSSR count). The highest BCUT2D eigenvalue weighted by Gasteiger charge is 2.42. The van der Waals surface area contributed by atoms with Crippen LogP contribution in [0, 0.1) is 5.41 Å². The van der Waals surface area contributed by atoms with Gasteiger partial charge in [0.2, 0.25) is 5.91 Å². The maximum atomic E-state index is 12.2. The number of carbonyl (C=O) groups excluding carboxylic acids is 1. The molecule has 1 aliphatic carbocycles. The van der Waals surface area contributed by atoms with Gasteiger partial charge in [-0.05, 0) is 30.9 Å². The van der Waals surface area contributed by atoms with Gasteiger partial charge in [0, 0.05) is 12.2 Å². The Hall–Kier alpha value is -1.35. The number of hydrogen-bond donors (Lipinski definition) is 2. The van der Waals surface area contributed by atoms with Gasteiger partial charge in [0.05, 0.1) is 5.41 Å². The monoisotopic (exact) mass is 232 g/mol. The Morgan fingerprint density at radius 1 is 1.41 bits per heavy atom. The topological polar surface area (TPSA) is 55.1 Å². The number of benzene rings is 1. The molecule has 1 aromatic carbocycles. The van der Waals surface area contributed by atoms with Crippen LogP contribution in [0.4, 0.5) is 5.69 Å². The highest BCUT2D eigenvalue weighted by atomic mass is 16.2. The van der Waals surface area contributed by atoms with Crippen molar-refractivity contribution < 1.29 is 4.79 Å². The quantitative estimate of drug-likeness (QED) is 0.837. The molecular formula is C14H20N2O. The van der Waals surface area contributed by atoms with Crippen LogP contribution in [0.25, 0.3) is 0 Å². The normalized spacial score (nSPS) is 17.3. The molecule has 1 fully saturated rings. The molecule has 92 valence electrons. The highest BCUT2D eigenvalue weighted by molar-refractivity contribution is 5.96. The summed E-state index contributed by atoms with van der Waals surface area (Å²) in [7, 11) is 0. The second-order valence-corrected chi connectivity index (χ2v) is 4.80. The molecular weight excluding hydrogens is 212 g/mol. The van der Waals surface area contributed by atoms with Gasteiger partial charge in [0.1, 0.15) is 0 Å². The van der Waals surface area contributed by atoms with Crippen LogP contribution >= 0.6 is 0 Å². The Morgan fingerprint density at radius 2 is 2.12 bits per heavy atom. The fourth-order valence-electron chi connectivity index (χ4n) is 2.33. The summed E-state index contributed by atoms with van der Waals surface area (Å²) in [5, 5.41) is 3.04. The summed E-state index contributed by atoms with van der Waals surface area (Å²) >= 11 is 0. The Labute approximate surface area is 102 Å². The second-order valence-electron chi connectivity index (χ2n) is 4.80. The number of aryl methyl sites for hydroxylation is 1. The number of carbonyl (C=O) groups is 1. The van der Waals surface area contributed by atoms with Gasteiger partial charge in [-0.1, -0.05) is 31.5 Å². The van der Waals surface area contributed by atoms with Crippen molar-refractivity contribution in [1.29, 1.82) is 0 Å². The van der Waals surface area contributed by atoms with E-state index in [2.05, 4.69) is 12.2 Å². The Bertz CT molecular complexity index is 405. The minimum atomic E-state index is -0.305. The highest BCUT2D eigenvalue weighted by Crippen LogP contribution is 2.41. The minimum Gasteiger partial charge on any atom is -0.329 e. The maximum absolute atomic E-state index is 12.2. The summed E-state index contributed by atoms with van der Waals surface area (Å²) in [5.74, 6) is 0.0900. The van der Waals surface area contributed by atoms with Crippen LogP contribution in [0.2, 0.25) is 0 Å². The molecule has 0 atom stereocenters. The molecule has 17 heavy (non-hydrogen) atoms. The fourth-order valence-corrected chi connectivity index (χ4v) is 2.33. The van der Waals surface area contributed by atoms with Gasteiger partial charge in [-0.2, -0.15) is 0 Å². The average molecular weight is 232 g/mol. The molecule has 1 aromatic rings. The number of para-hydroxylation sites is 1. The molecule has 0 unspecified atom stereocenters. The molecule has 0 spiro atoms. The number of amides is 1. The first-order valence-corrected chi connectivity index (χ1v) is 6.31. The van der Waals surface area contributed by atoms with Crippen LogP contribution < -0.4 is 11.1 Å². The lowest BCUT2D eigenvalue weighted by Crippen LogP contribution is -2.47. The van der Waals surface area contributed by atoms with E-state index in [9.17, 15) is 4.79 Å². The first kappa shape index (κ1) is 12.1. The van der Waals surface area contributed by atoms with Crippen molar-refractivity contribution in [3.63, 3.8) is 0 Å². The van der Waals surface area contributed by atoms with E-state index >= 15 is 0 Å². The third kappa shape index (κ3) is 2.20. The van der Waals surface area contributed by atoms with Crippen molar-refractivity contribution in [2.24, 2.45) is 11.1 Å². The summed E-state index contributed by atoms with van der Waals surface area (Å²) in [4.78, 5) is 12.2. The van der Waals surface area contributed by atoms with Crippen molar-refractivity contribution in [2.45, 2.75) is 32.6 Å². The van der Waals surface area contributed by atoms with Crippen molar-refractivity contribution in [1.82, 2.24) is 0 Å². The third-order valence-corrected chi connectivity index (χ3v) is 3.83. The van der Waals surface area contributed by atoms with Crippen LogP contribution in [0.3, 0.4) is 0 Å². The molecule has 0 radical (unpaired) electrons. The Morgan fingerprint density at radius 3 is 2.65 bits per heavy atom. The zero-order chi connectivity index (χ0) is 12.3. The predicted molar refractivity (Wildman–Crippen MR) is 69.8 cm³/mol. The van der Waals surface area contributed by atoms with Gasteiger partial charge < -0.3 is 11.1 Å². The van der Waals surface area contributed by atoms with Gasteiger partial charge >= 0.3 is 0 Å². The molecule has 1 aliphatic rings. The summed E-state index contributed by atoms with van der Waals surface area (Å²) in [6, 6.07) is 7.95. The summed E-state index contributed by atoms with van der Waals surface area (Å²) < 4.78 is 0. The second kappa shape index (κ2) is 4.88. The van der Waals surface area contributed by atoms with Crippen molar-refractivity contribution in [2.75, 3.05) is 11.9 Å². The van der Waals surface area contributed by atoms with E-state index in [1.54, 1.807) is 0 Å². The Kier molecular flexibility index (Phi) is 3.48. The SMILES string of the molecule is CCc1ccccc1NC(=O)C1(CN)CCC1.